The molecule has 0 aromatic carbocycles. The lowest BCUT2D eigenvalue weighted by Crippen LogP contribution is -2.43. The van der Waals surface area contributed by atoms with E-state index in [0.29, 0.717) is 4.88 Å². The molecule has 1 rings (SSSR count). The number of amides is 1. The Morgan fingerprint density at radius 3 is 2.24 bits per heavy atom. The van der Waals surface area contributed by atoms with E-state index in [9.17, 15) is 21.6 Å². The summed E-state index contributed by atoms with van der Waals surface area (Å²) in [4.78, 5) is 12.5. The number of carbonyl (C=O) groups is 1. The molecule has 0 atom stereocenters. The van der Waals surface area contributed by atoms with E-state index in [4.69, 9.17) is 5.14 Å². The summed E-state index contributed by atoms with van der Waals surface area (Å²) in [6.45, 7) is 4.46. The Balaban J connectivity index is 2.93. The van der Waals surface area contributed by atoms with E-state index in [1.807, 2.05) is 0 Å². The van der Waals surface area contributed by atoms with Crippen LogP contribution in [-0.4, -0.2) is 40.3 Å². The van der Waals surface area contributed by atoms with Crippen LogP contribution >= 0.6 is 11.3 Å². The third-order valence-corrected chi connectivity index (χ3v) is 7.45. The Bertz CT molecular complexity index is 760. The van der Waals surface area contributed by atoms with Gasteiger partial charge < -0.3 is 5.32 Å². The van der Waals surface area contributed by atoms with Crippen molar-refractivity contribution < 1.29 is 21.6 Å². The lowest BCUT2D eigenvalue weighted by Gasteiger charge is -2.22. The predicted octanol–water partition coefficient (Wildman–Crippen LogP) is 0.257. The summed E-state index contributed by atoms with van der Waals surface area (Å²) in [6, 6.07) is 1.19. The van der Waals surface area contributed by atoms with E-state index in [0.717, 1.165) is 17.6 Å². The number of sulfonamides is 1. The van der Waals surface area contributed by atoms with Crippen molar-refractivity contribution in [2.45, 2.75) is 30.4 Å². The second kappa shape index (κ2) is 5.67. The van der Waals surface area contributed by atoms with Crippen LogP contribution < -0.4 is 10.5 Å². The van der Waals surface area contributed by atoms with E-state index in [2.05, 4.69) is 5.32 Å². The number of thiophene rings is 1. The molecule has 1 aromatic heterocycles. The highest BCUT2D eigenvalue weighted by Gasteiger charge is 2.31. The fraction of sp³-hybridized carbons (Fsp3) is 0.545. The predicted molar refractivity (Wildman–Crippen MR) is 81.7 cm³/mol. The van der Waals surface area contributed by atoms with Gasteiger partial charge in [0.25, 0.3) is 5.91 Å². The molecule has 0 saturated heterocycles. The zero-order valence-corrected chi connectivity index (χ0v) is 14.6. The molecule has 0 spiro atoms. The summed E-state index contributed by atoms with van der Waals surface area (Å²) in [7, 11) is -7.21. The number of carbonyl (C=O) groups excluding carboxylic acids is 1. The van der Waals surface area contributed by atoms with Crippen LogP contribution in [0.2, 0.25) is 0 Å². The minimum atomic E-state index is -3.88. The first-order valence-corrected chi connectivity index (χ1v) is 10.1. The molecule has 0 radical (unpaired) electrons. The van der Waals surface area contributed by atoms with E-state index in [1.54, 1.807) is 6.92 Å². The Kier molecular flexibility index (Phi) is 4.88. The SMILES string of the molecule is Cc1sc(C(=O)NCC(C)(C)S(C)(=O)=O)cc1S(N)(=O)=O. The fourth-order valence-electron chi connectivity index (χ4n) is 1.37. The highest BCUT2D eigenvalue weighted by atomic mass is 32.2. The van der Waals surface area contributed by atoms with Gasteiger partial charge in [-0.15, -0.1) is 11.3 Å². The summed E-state index contributed by atoms with van der Waals surface area (Å²) in [5.74, 6) is -0.533. The summed E-state index contributed by atoms with van der Waals surface area (Å²) < 4.78 is 44.6. The summed E-state index contributed by atoms with van der Waals surface area (Å²) in [5.41, 5.74) is 0. The van der Waals surface area contributed by atoms with Crippen molar-refractivity contribution in [3.63, 3.8) is 0 Å². The van der Waals surface area contributed by atoms with E-state index >= 15 is 0 Å². The first kappa shape index (κ1) is 18.1. The molecule has 3 N–H and O–H groups in total. The van der Waals surface area contributed by atoms with Crippen LogP contribution in [-0.2, 0) is 19.9 Å². The molecular formula is C11H18N2O5S3. The molecule has 10 heteroatoms. The van der Waals surface area contributed by atoms with Crippen LogP contribution in [0.4, 0.5) is 0 Å². The van der Waals surface area contributed by atoms with Gasteiger partial charge in [-0.1, -0.05) is 0 Å². The molecule has 1 heterocycles. The number of hydrogen-bond acceptors (Lipinski definition) is 6. The molecule has 120 valence electrons. The van der Waals surface area contributed by atoms with Crippen molar-refractivity contribution in [1.29, 1.82) is 0 Å². The molecule has 7 nitrogen and oxygen atoms in total. The third-order valence-electron chi connectivity index (χ3n) is 3.08. The van der Waals surface area contributed by atoms with Crippen LogP contribution in [0, 0.1) is 6.92 Å². The van der Waals surface area contributed by atoms with E-state index < -0.39 is 30.5 Å². The number of nitrogens with two attached hydrogens (primary N) is 1. The quantitative estimate of drug-likeness (QED) is 0.785. The number of primary sulfonamides is 1. The maximum absolute atomic E-state index is 12.0. The smallest absolute Gasteiger partial charge is 0.261 e. The molecule has 0 fully saturated rings. The molecule has 0 bridgehead atoms. The Hall–Kier alpha value is -0.970. The van der Waals surface area contributed by atoms with Gasteiger partial charge in [0.05, 0.1) is 14.5 Å². The third kappa shape index (κ3) is 4.25. The molecule has 0 aliphatic carbocycles. The van der Waals surface area contributed by atoms with Gasteiger partial charge >= 0.3 is 0 Å². The average molecular weight is 354 g/mol. The number of rotatable bonds is 5. The largest absolute Gasteiger partial charge is 0.350 e. The van der Waals surface area contributed by atoms with Gasteiger partial charge in [0.2, 0.25) is 10.0 Å². The van der Waals surface area contributed by atoms with Crippen molar-refractivity contribution in [2.24, 2.45) is 5.14 Å². The summed E-state index contributed by atoms with van der Waals surface area (Å²) >= 11 is 0.987. The van der Waals surface area contributed by atoms with E-state index in [1.165, 1.54) is 19.9 Å². The van der Waals surface area contributed by atoms with Crippen molar-refractivity contribution in [3.05, 3.63) is 15.8 Å². The molecule has 0 aliphatic heterocycles. The summed E-state index contributed by atoms with van der Waals surface area (Å²) in [6.07, 6.45) is 1.09. The van der Waals surface area contributed by atoms with Crippen LogP contribution in [0.1, 0.15) is 28.4 Å². The van der Waals surface area contributed by atoms with Crippen LogP contribution in [0.3, 0.4) is 0 Å². The number of nitrogens with one attached hydrogen (secondary N) is 1. The zero-order chi connectivity index (χ0) is 16.6. The van der Waals surface area contributed by atoms with Gasteiger partial charge in [-0.25, -0.2) is 22.0 Å². The average Bonchev–Trinajstić information content (AvgIpc) is 2.66. The van der Waals surface area contributed by atoms with Crippen molar-refractivity contribution >= 4 is 37.1 Å². The molecule has 21 heavy (non-hydrogen) atoms. The molecule has 0 aliphatic rings. The van der Waals surface area contributed by atoms with Gasteiger partial charge in [0, 0.05) is 17.7 Å². The van der Waals surface area contributed by atoms with Gasteiger partial charge in [0.15, 0.2) is 9.84 Å². The molecule has 1 amide bonds. The van der Waals surface area contributed by atoms with Crippen molar-refractivity contribution in [3.8, 4) is 0 Å². The fourth-order valence-corrected chi connectivity index (χ4v) is 3.77. The minimum Gasteiger partial charge on any atom is -0.350 e. The standard InChI is InChI=1S/C11H18N2O5S3/c1-7-9(21(12,17)18)5-8(19-7)10(14)13-6-11(2,3)20(4,15)16/h5H,6H2,1-4H3,(H,13,14)(H2,12,17,18). The number of hydrogen-bond donors (Lipinski definition) is 2. The number of aryl methyl sites for hydroxylation is 1. The van der Waals surface area contributed by atoms with Crippen molar-refractivity contribution in [2.75, 3.05) is 12.8 Å². The number of sulfone groups is 1. The van der Waals surface area contributed by atoms with Gasteiger partial charge in [-0.2, -0.15) is 0 Å². The van der Waals surface area contributed by atoms with Crippen LogP contribution in [0.15, 0.2) is 11.0 Å². The Morgan fingerprint density at radius 1 is 1.33 bits per heavy atom. The van der Waals surface area contributed by atoms with E-state index in [-0.39, 0.29) is 16.3 Å². The van der Waals surface area contributed by atoms with Crippen LogP contribution in [0.25, 0.3) is 0 Å². The second-order valence-corrected chi connectivity index (χ2v) is 10.7. The van der Waals surface area contributed by atoms with Gasteiger partial charge in [0.1, 0.15) is 0 Å². The Morgan fingerprint density at radius 2 is 1.86 bits per heavy atom. The first-order chi connectivity index (χ1) is 9.25. The molecular weight excluding hydrogens is 336 g/mol. The molecule has 1 aromatic rings. The monoisotopic (exact) mass is 354 g/mol. The zero-order valence-electron chi connectivity index (χ0n) is 12.1. The maximum atomic E-state index is 12.0. The van der Waals surface area contributed by atoms with Gasteiger partial charge in [-0.05, 0) is 26.8 Å². The highest BCUT2D eigenvalue weighted by Crippen LogP contribution is 2.25. The lowest BCUT2D eigenvalue weighted by molar-refractivity contribution is 0.0954. The van der Waals surface area contributed by atoms with Crippen molar-refractivity contribution in [1.82, 2.24) is 5.32 Å². The topological polar surface area (TPSA) is 123 Å². The maximum Gasteiger partial charge on any atom is 0.261 e. The van der Waals surface area contributed by atoms with Crippen LogP contribution in [0.5, 0.6) is 0 Å². The Labute approximate surface area is 128 Å². The minimum absolute atomic E-state index is 0.0771. The van der Waals surface area contributed by atoms with Gasteiger partial charge in [-0.3, -0.25) is 4.79 Å². The highest BCUT2D eigenvalue weighted by molar-refractivity contribution is 7.92. The summed E-state index contributed by atoms with van der Waals surface area (Å²) in [5, 5.41) is 7.53. The molecule has 0 saturated carbocycles. The first-order valence-electron chi connectivity index (χ1n) is 5.87. The lowest BCUT2D eigenvalue weighted by atomic mass is 10.2. The molecule has 0 unspecified atom stereocenters. The normalized spacial score (nSPS) is 13.2. The second-order valence-electron chi connectivity index (χ2n) is 5.29.